The van der Waals surface area contributed by atoms with Crippen LogP contribution >= 0.6 is 0 Å². The number of carbonyl (C=O) groups is 1. The maximum absolute atomic E-state index is 11.7. The van der Waals surface area contributed by atoms with Crippen LogP contribution in [-0.2, 0) is 16.0 Å². The lowest BCUT2D eigenvalue weighted by atomic mass is 10.1. The van der Waals surface area contributed by atoms with Crippen LogP contribution in [0.3, 0.4) is 0 Å². The van der Waals surface area contributed by atoms with Crippen molar-refractivity contribution in [3.63, 3.8) is 0 Å². The van der Waals surface area contributed by atoms with E-state index < -0.39 is 0 Å². The summed E-state index contributed by atoms with van der Waals surface area (Å²) in [5.74, 6) is 0.0459. The SMILES string of the molecule is CCOC(C)(C)CNC(=O)CCc1ccc(N)cc1. The molecule has 1 aromatic rings. The minimum Gasteiger partial charge on any atom is -0.399 e. The van der Waals surface area contributed by atoms with Gasteiger partial charge in [0.2, 0.25) is 5.91 Å². The molecule has 0 unspecified atom stereocenters. The quantitative estimate of drug-likeness (QED) is 0.742. The van der Waals surface area contributed by atoms with Gasteiger partial charge in [-0.25, -0.2) is 0 Å². The number of rotatable bonds is 7. The minimum absolute atomic E-state index is 0.0459. The van der Waals surface area contributed by atoms with Crippen LogP contribution in [0.25, 0.3) is 0 Å². The monoisotopic (exact) mass is 264 g/mol. The van der Waals surface area contributed by atoms with Crippen LogP contribution in [0.15, 0.2) is 24.3 Å². The molecule has 0 heterocycles. The highest BCUT2D eigenvalue weighted by molar-refractivity contribution is 5.76. The first kappa shape index (κ1) is 15.5. The molecule has 0 bridgehead atoms. The van der Waals surface area contributed by atoms with Crippen molar-refractivity contribution in [3.8, 4) is 0 Å². The summed E-state index contributed by atoms with van der Waals surface area (Å²) in [5, 5.41) is 2.90. The zero-order valence-electron chi connectivity index (χ0n) is 12.0. The maximum Gasteiger partial charge on any atom is 0.220 e. The van der Waals surface area contributed by atoms with Gasteiger partial charge in [0.15, 0.2) is 0 Å². The van der Waals surface area contributed by atoms with Crippen molar-refractivity contribution in [2.45, 2.75) is 39.2 Å². The first-order valence-electron chi connectivity index (χ1n) is 6.68. The lowest BCUT2D eigenvalue weighted by molar-refractivity contribution is -0.122. The van der Waals surface area contributed by atoms with Crippen molar-refractivity contribution in [2.24, 2.45) is 0 Å². The van der Waals surface area contributed by atoms with Gasteiger partial charge in [-0.05, 0) is 44.9 Å². The van der Waals surface area contributed by atoms with E-state index in [1.54, 1.807) is 0 Å². The molecular weight excluding hydrogens is 240 g/mol. The number of hydrogen-bond donors (Lipinski definition) is 2. The van der Waals surface area contributed by atoms with Crippen LogP contribution in [0.5, 0.6) is 0 Å². The predicted octanol–water partition coefficient (Wildman–Crippen LogP) is 2.13. The number of benzene rings is 1. The third-order valence-corrected chi connectivity index (χ3v) is 2.87. The Morgan fingerprint density at radius 1 is 1.32 bits per heavy atom. The summed E-state index contributed by atoms with van der Waals surface area (Å²) >= 11 is 0. The van der Waals surface area contributed by atoms with Gasteiger partial charge in [-0.2, -0.15) is 0 Å². The fraction of sp³-hybridized carbons (Fsp3) is 0.533. The Kier molecular flexibility index (Phi) is 5.83. The highest BCUT2D eigenvalue weighted by Gasteiger charge is 2.18. The fourth-order valence-corrected chi connectivity index (χ4v) is 1.78. The van der Waals surface area contributed by atoms with Crippen LogP contribution in [0.2, 0.25) is 0 Å². The molecule has 4 nitrogen and oxygen atoms in total. The molecule has 106 valence electrons. The van der Waals surface area contributed by atoms with Gasteiger partial charge < -0.3 is 15.8 Å². The smallest absolute Gasteiger partial charge is 0.220 e. The van der Waals surface area contributed by atoms with E-state index in [1.807, 2.05) is 45.0 Å². The minimum atomic E-state index is -0.314. The highest BCUT2D eigenvalue weighted by Crippen LogP contribution is 2.09. The number of aryl methyl sites for hydroxylation is 1. The molecule has 3 N–H and O–H groups in total. The second kappa shape index (κ2) is 7.14. The van der Waals surface area contributed by atoms with Crippen LogP contribution in [0, 0.1) is 0 Å². The Hall–Kier alpha value is -1.55. The molecule has 1 aromatic carbocycles. The number of anilines is 1. The van der Waals surface area contributed by atoms with Crippen LogP contribution in [0.1, 0.15) is 32.8 Å². The van der Waals surface area contributed by atoms with E-state index >= 15 is 0 Å². The van der Waals surface area contributed by atoms with Crippen LogP contribution < -0.4 is 11.1 Å². The molecule has 1 rings (SSSR count). The Morgan fingerprint density at radius 2 is 1.95 bits per heavy atom. The van der Waals surface area contributed by atoms with Crippen molar-refractivity contribution in [2.75, 3.05) is 18.9 Å². The summed E-state index contributed by atoms with van der Waals surface area (Å²) in [6.07, 6.45) is 1.20. The number of hydrogen-bond acceptors (Lipinski definition) is 3. The molecule has 19 heavy (non-hydrogen) atoms. The van der Waals surface area contributed by atoms with E-state index in [0.717, 1.165) is 17.7 Å². The second-order valence-electron chi connectivity index (χ2n) is 5.21. The topological polar surface area (TPSA) is 64.3 Å². The molecule has 0 aliphatic heterocycles. The molecule has 0 spiro atoms. The average molecular weight is 264 g/mol. The van der Waals surface area contributed by atoms with Gasteiger partial charge in [0.25, 0.3) is 0 Å². The third kappa shape index (κ3) is 6.25. The molecule has 0 aromatic heterocycles. The summed E-state index contributed by atoms with van der Waals surface area (Å²) in [6.45, 7) is 7.06. The Labute approximate surface area is 115 Å². The van der Waals surface area contributed by atoms with E-state index in [9.17, 15) is 4.79 Å². The van der Waals surface area contributed by atoms with Crippen molar-refractivity contribution in [3.05, 3.63) is 29.8 Å². The van der Waals surface area contributed by atoms with E-state index in [4.69, 9.17) is 10.5 Å². The molecule has 0 aliphatic carbocycles. The Morgan fingerprint density at radius 3 is 2.53 bits per heavy atom. The largest absolute Gasteiger partial charge is 0.399 e. The molecule has 0 atom stereocenters. The lowest BCUT2D eigenvalue weighted by Gasteiger charge is -2.24. The van der Waals surface area contributed by atoms with Crippen molar-refractivity contribution < 1.29 is 9.53 Å². The molecule has 0 fully saturated rings. The molecule has 1 amide bonds. The molecule has 0 saturated heterocycles. The summed E-state index contributed by atoms with van der Waals surface area (Å²) < 4.78 is 5.53. The number of nitrogens with one attached hydrogen (secondary N) is 1. The highest BCUT2D eigenvalue weighted by atomic mass is 16.5. The molecule has 0 saturated carbocycles. The number of amides is 1. The summed E-state index contributed by atoms with van der Waals surface area (Å²) in [7, 11) is 0. The standard InChI is InChI=1S/C15H24N2O2/c1-4-19-15(2,3)11-17-14(18)10-7-12-5-8-13(16)9-6-12/h5-6,8-9H,4,7,10-11,16H2,1-3H3,(H,17,18). The summed E-state index contributed by atoms with van der Waals surface area (Å²) in [5.41, 5.74) is 7.16. The zero-order chi connectivity index (χ0) is 14.3. The van der Waals surface area contributed by atoms with Crippen molar-refractivity contribution >= 4 is 11.6 Å². The molecule has 0 radical (unpaired) electrons. The van der Waals surface area contributed by atoms with Gasteiger partial charge in [0.1, 0.15) is 0 Å². The van der Waals surface area contributed by atoms with Gasteiger partial charge in [-0.15, -0.1) is 0 Å². The van der Waals surface area contributed by atoms with E-state index in [2.05, 4.69) is 5.32 Å². The maximum atomic E-state index is 11.7. The molecule has 4 heteroatoms. The van der Waals surface area contributed by atoms with Gasteiger partial charge in [-0.1, -0.05) is 12.1 Å². The Bertz CT molecular complexity index is 399. The average Bonchev–Trinajstić information content (AvgIpc) is 2.36. The zero-order valence-corrected chi connectivity index (χ0v) is 12.0. The summed E-state index contributed by atoms with van der Waals surface area (Å²) in [4.78, 5) is 11.7. The predicted molar refractivity (Wildman–Crippen MR) is 77.9 cm³/mol. The van der Waals surface area contributed by atoms with Crippen molar-refractivity contribution in [1.82, 2.24) is 5.32 Å². The second-order valence-corrected chi connectivity index (χ2v) is 5.21. The van der Waals surface area contributed by atoms with Gasteiger partial charge in [-0.3, -0.25) is 4.79 Å². The number of nitrogens with two attached hydrogens (primary N) is 1. The third-order valence-electron chi connectivity index (χ3n) is 2.87. The van der Waals surface area contributed by atoms with Gasteiger partial charge >= 0.3 is 0 Å². The molecular formula is C15H24N2O2. The Balaban J connectivity index is 2.30. The van der Waals surface area contributed by atoms with Crippen molar-refractivity contribution in [1.29, 1.82) is 0 Å². The van der Waals surface area contributed by atoms with Gasteiger partial charge in [0, 0.05) is 25.3 Å². The number of ether oxygens (including phenoxy) is 1. The van der Waals surface area contributed by atoms with E-state index in [-0.39, 0.29) is 11.5 Å². The van der Waals surface area contributed by atoms with Crippen LogP contribution in [0.4, 0.5) is 5.69 Å². The van der Waals surface area contributed by atoms with Gasteiger partial charge in [0.05, 0.1) is 5.60 Å². The number of nitrogen functional groups attached to an aromatic ring is 1. The first-order chi connectivity index (χ1) is 8.93. The van der Waals surface area contributed by atoms with E-state index in [0.29, 0.717) is 19.6 Å². The summed E-state index contributed by atoms with van der Waals surface area (Å²) in [6, 6.07) is 7.61. The lowest BCUT2D eigenvalue weighted by Crippen LogP contribution is -2.40. The fourth-order valence-electron chi connectivity index (χ4n) is 1.78. The normalized spacial score (nSPS) is 11.3. The van der Waals surface area contributed by atoms with E-state index in [1.165, 1.54) is 0 Å². The first-order valence-corrected chi connectivity index (χ1v) is 6.68. The number of carbonyl (C=O) groups excluding carboxylic acids is 1. The molecule has 0 aliphatic rings. The van der Waals surface area contributed by atoms with Crippen LogP contribution in [-0.4, -0.2) is 24.7 Å².